The molecule has 1 N–H and O–H groups in total. The number of rotatable bonds is 5. The van der Waals surface area contributed by atoms with Crippen molar-refractivity contribution in [2.24, 2.45) is 0 Å². The molecule has 2 fully saturated rings. The predicted molar refractivity (Wildman–Crippen MR) is 103 cm³/mol. The molecule has 2 heterocycles. The summed E-state index contributed by atoms with van der Waals surface area (Å²) in [7, 11) is -3.70. The van der Waals surface area contributed by atoms with E-state index in [2.05, 4.69) is 10.5 Å². The normalized spacial score (nSPS) is 22.8. The second-order valence-electron chi connectivity index (χ2n) is 7.69. The standard InChI is InChI=1S/C20H22N4O4S/c1-13-9-16(22-20(25)18-11-19(28-23-18)15-5-6-15)7-8-24(13)29(26,27)17-4-2-3-14(10-17)12-21/h2-4,10-11,13,15-16H,5-9H2,1H3,(H,22,25)/t13-,16+/m1/s1. The Labute approximate surface area is 169 Å². The fraction of sp³-hybridized carbons (Fsp3) is 0.450. The Morgan fingerprint density at radius 2 is 2.10 bits per heavy atom. The van der Waals surface area contributed by atoms with Gasteiger partial charge in [-0.05, 0) is 50.8 Å². The summed E-state index contributed by atoms with van der Waals surface area (Å²) in [4.78, 5) is 12.6. The smallest absolute Gasteiger partial charge is 0.273 e. The second kappa shape index (κ2) is 7.61. The third kappa shape index (κ3) is 4.04. The van der Waals surface area contributed by atoms with Crippen molar-refractivity contribution in [3.05, 3.63) is 47.3 Å². The molecule has 1 saturated heterocycles. The Morgan fingerprint density at radius 3 is 2.79 bits per heavy atom. The molecular weight excluding hydrogens is 392 g/mol. The van der Waals surface area contributed by atoms with Crippen molar-refractivity contribution < 1.29 is 17.7 Å². The van der Waals surface area contributed by atoms with Crippen molar-refractivity contribution in [2.75, 3.05) is 6.54 Å². The van der Waals surface area contributed by atoms with Crippen molar-refractivity contribution in [3.63, 3.8) is 0 Å². The molecule has 2 atom stereocenters. The van der Waals surface area contributed by atoms with Gasteiger partial charge in [-0.2, -0.15) is 9.57 Å². The van der Waals surface area contributed by atoms with Gasteiger partial charge in [0.2, 0.25) is 10.0 Å². The number of amides is 1. The van der Waals surface area contributed by atoms with Crippen LogP contribution in [0.15, 0.2) is 39.8 Å². The Balaban J connectivity index is 1.40. The van der Waals surface area contributed by atoms with Crippen LogP contribution in [0, 0.1) is 11.3 Å². The van der Waals surface area contributed by atoms with Crippen LogP contribution in [0.2, 0.25) is 0 Å². The second-order valence-corrected chi connectivity index (χ2v) is 9.58. The quantitative estimate of drug-likeness (QED) is 0.803. The van der Waals surface area contributed by atoms with Crippen LogP contribution in [-0.2, 0) is 10.0 Å². The minimum atomic E-state index is -3.70. The van der Waals surface area contributed by atoms with E-state index in [0.717, 1.165) is 18.6 Å². The van der Waals surface area contributed by atoms with Gasteiger partial charge in [-0.1, -0.05) is 11.2 Å². The molecule has 1 aromatic heterocycles. The maximum atomic E-state index is 13.0. The largest absolute Gasteiger partial charge is 0.360 e. The van der Waals surface area contributed by atoms with Gasteiger partial charge < -0.3 is 9.84 Å². The average molecular weight is 414 g/mol. The van der Waals surface area contributed by atoms with Gasteiger partial charge in [0, 0.05) is 30.6 Å². The molecule has 4 rings (SSSR count). The summed E-state index contributed by atoms with van der Waals surface area (Å²) in [6, 6.07) is 9.25. The predicted octanol–water partition coefficient (Wildman–Crippen LogP) is 2.40. The van der Waals surface area contributed by atoms with E-state index in [-0.39, 0.29) is 35.1 Å². The van der Waals surface area contributed by atoms with Crippen LogP contribution < -0.4 is 5.32 Å². The van der Waals surface area contributed by atoms with Crippen LogP contribution in [0.5, 0.6) is 0 Å². The summed E-state index contributed by atoms with van der Waals surface area (Å²) in [5.74, 6) is 0.844. The zero-order valence-electron chi connectivity index (χ0n) is 16.0. The van der Waals surface area contributed by atoms with Gasteiger partial charge in [0.15, 0.2) is 5.69 Å². The lowest BCUT2D eigenvalue weighted by atomic mass is 10.0. The molecule has 1 aliphatic carbocycles. The number of carbonyl (C=O) groups excluding carboxylic acids is 1. The molecule has 0 unspecified atom stereocenters. The van der Waals surface area contributed by atoms with E-state index in [1.165, 1.54) is 16.4 Å². The maximum absolute atomic E-state index is 13.0. The first-order valence-corrected chi connectivity index (χ1v) is 11.1. The van der Waals surface area contributed by atoms with Crippen LogP contribution in [0.1, 0.15) is 60.3 Å². The number of hydrogen-bond donors (Lipinski definition) is 1. The highest BCUT2D eigenvalue weighted by Crippen LogP contribution is 2.40. The Bertz CT molecular complexity index is 1070. The number of nitrogens with zero attached hydrogens (tertiary/aromatic N) is 3. The van der Waals surface area contributed by atoms with Crippen LogP contribution in [-0.4, -0.2) is 42.4 Å². The monoisotopic (exact) mass is 414 g/mol. The number of aromatic nitrogens is 1. The van der Waals surface area contributed by atoms with Crippen molar-refractivity contribution in [1.29, 1.82) is 5.26 Å². The third-order valence-corrected chi connectivity index (χ3v) is 7.47. The van der Waals surface area contributed by atoms with E-state index >= 15 is 0 Å². The van der Waals surface area contributed by atoms with Gasteiger partial charge in [-0.3, -0.25) is 4.79 Å². The van der Waals surface area contributed by atoms with E-state index in [1.807, 2.05) is 13.0 Å². The van der Waals surface area contributed by atoms with Gasteiger partial charge in [-0.15, -0.1) is 0 Å². The van der Waals surface area contributed by atoms with Gasteiger partial charge in [0.1, 0.15) is 5.76 Å². The SMILES string of the molecule is C[C@@H]1C[C@@H](NC(=O)c2cc(C3CC3)on2)CCN1S(=O)(=O)c1cccc(C#N)c1. The van der Waals surface area contributed by atoms with E-state index in [9.17, 15) is 13.2 Å². The molecule has 8 nitrogen and oxygen atoms in total. The number of benzene rings is 1. The van der Waals surface area contributed by atoms with Crippen molar-refractivity contribution >= 4 is 15.9 Å². The zero-order valence-corrected chi connectivity index (χ0v) is 16.9. The number of nitriles is 1. The summed E-state index contributed by atoms with van der Waals surface area (Å²) in [6.45, 7) is 2.11. The van der Waals surface area contributed by atoms with Crippen LogP contribution in [0.3, 0.4) is 0 Å². The summed E-state index contributed by atoms with van der Waals surface area (Å²) >= 11 is 0. The fourth-order valence-corrected chi connectivity index (χ4v) is 5.42. The van der Waals surface area contributed by atoms with E-state index in [0.29, 0.717) is 24.3 Å². The number of piperidine rings is 1. The summed E-state index contributed by atoms with van der Waals surface area (Å²) < 4.78 is 32.7. The van der Waals surface area contributed by atoms with Crippen molar-refractivity contribution in [3.8, 4) is 6.07 Å². The molecule has 1 amide bonds. The summed E-state index contributed by atoms with van der Waals surface area (Å²) in [5.41, 5.74) is 0.571. The minimum Gasteiger partial charge on any atom is -0.360 e. The lowest BCUT2D eigenvalue weighted by Crippen LogP contribution is -2.50. The highest BCUT2D eigenvalue weighted by molar-refractivity contribution is 7.89. The molecule has 152 valence electrons. The summed E-state index contributed by atoms with van der Waals surface area (Å²) in [6.07, 6.45) is 3.13. The van der Waals surface area contributed by atoms with Crippen LogP contribution >= 0.6 is 0 Å². The highest BCUT2D eigenvalue weighted by atomic mass is 32.2. The molecular formula is C20H22N4O4S. The third-order valence-electron chi connectivity index (χ3n) is 5.46. The number of nitrogens with one attached hydrogen (secondary N) is 1. The number of sulfonamides is 1. The first kappa shape index (κ1) is 19.6. The van der Waals surface area contributed by atoms with E-state index < -0.39 is 10.0 Å². The Hall–Kier alpha value is -2.70. The highest BCUT2D eigenvalue weighted by Gasteiger charge is 2.35. The van der Waals surface area contributed by atoms with E-state index in [1.54, 1.807) is 18.2 Å². The Morgan fingerprint density at radius 1 is 1.31 bits per heavy atom. The fourth-order valence-electron chi connectivity index (χ4n) is 3.72. The number of hydrogen-bond acceptors (Lipinski definition) is 6. The first-order valence-electron chi connectivity index (χ1n) is 9.68. The molecule has 9 heteroatoms. The molecule has 1 aromatic carbocycles. The molecule has 0 radical (unpaired) electrons. The minimum absolute atomic E-state index is 0.112. The zero-order chi connectivity index (χ0) is 20.6. The molecule has 2 aliphatic rings. The van der Waals surface area contributed by atoms with Crippen molar-refractivity contribution in [1.82, 2.24) is 14.8 Å². The van der Waals surface area contributed by atoms with Gasteiger partial charge in [0.25, 0.3) is 5.91 Å². The molecule has 0 spiro atoms. The van der Waals surface area contributed by atoms with Gasteiger partial charge in [-0.25, -0.2) is 8.42 Å². The number of carbonyl (C=O) groups is 1. The molecule has 29 heavy (non-hydrogen) atoms. The molecule has 1 saturated carbocycles. The topological polar surface area (TPSA) is 116 Å². The van der Waals surface area contributed by atoms with Crippen LogP contribution in [0.4, 0.5) is 0 Å². The lowest BCUT2D eigenvalue weighted by Gasteiger charge is -2.36. The molecule has 2 aromatic rings. The van der Waals surface area contributed by atoms with Crippen LogP contribution in [0.25, 0.3) is 0 Å². The molecule has 0 bridgehead atoms. The summed E-state index contributed by atoms with van der Waals surface area (Å²) in [5, 5.41) is 15.8. The maximum Gasteiger partial charge on any atom is 0.273 e. The average Bonchev–Trinajstić information content (AvgIpc) is 3.44. The van der Waals surface area contributed by atoms with E-state index in [4.69, 9.17) is 9.78 Å². The molecule has 1 aliphatic heterocycles. The lowest BCUT2D eigenvalue weighted by molar-refractivity contribution is 0.0905. The van der Waals surface area contributed by atoms with Gasteiger partial charge in [0.05, 0.1) is 16.5 Å². The van der Waals surface area contributed by atoms with Gasteiger partial charge >= 0.3 is 0 Å². The van der Waals surface area contributed by atoms with Crippen molar-refractivity contribution in [2.45, 2.75) is 55.5 Å². The first-order chi connectivity index (χ1) is 13.9. The Kier molecular flexibility index (Phi) is 5.15.